The first-order chi connectivity index (χ1) is 8.36. The van der Waals surface area contributed by atoms with Crippen molar-refractivity contribution in [1.29, 1.82) is 0 Å². The molecule has 1 rings (SSSR count). The van der Waals surface area contributed by atoms with Gasteiger partial charge in [0.25, 0.3) is 0 Å². The average molecular weight is 242 g/mol. The van der Waals surface area contributed by atoms with E-state index in [4.69, 9.17) is 4.74 Å². The lowest BCUT2D eigenvalue weighted by molar-refractivity contribution is 0.111. The van der Waals surface area contributed by atoms with Gasteiger partial charge in [-0.1, -0.05) is 26.7 Å². The van der Waals surface area contributed by atoms with Gasteiger partial charge in [0, 0.05) is 45.4 Å². The number of nitrogens with one attached hydrogen (secondary N) is 1. The molecule has 3 nitrogen and oxygen atoms in total. The summed E-state index contributed by atoms with van der Waals surface area (Å²) in [6.45, 7) is 11.1. The van der Waals surface area contributed by atoms with E-state index >= 15 is 0 Å². The Morgan fingerprint density at radius 2 is 2.00 bits per heavy atom. The second-order valence-electron chi connectivity index (χ2n) is 5.06. The van der Waals surface area contributed by atoms with Gasteiger partial charge in [-0.25, -0.2) is 0 Å². The first-order valence-corrected chi connectivity index (χ1v) is 7.40. The standard InChI is InChI=1S/C14H30N2O/c1-3-5-11-17-12-6-9-16-10-8-15-14(13-16)7-4-2/h14-15H,3-13H2,1-2H3. The number of hydrogen-bond donors (Lipinski definition) is 1. The van der Waals surface area contributed by atoms with Crippen molar-refractivity contribution in [2.75, 3.05) is 39.4 Å². The number of nitrogens with zero attached hydrogens (tertiary/aromatic N) is 1. The van der Waals surface area contributed by atoms with E-state index < -0.39 is 0 Å². The Balaban J connectivity index is 1.98. The van der Waals surface area contributed by atoms with E-state index in [0.29, 0.717) is 0 Å². The summed E-state index contributed by atoms with van der Waals surface area (Å²) in [5, 5.41) is 3.60. The number of piperazine rings is 1. The largest absolute Gasteiger partial charge is 0.381 e. The zero-order valence-electron chi connectivity index (χ0n) is 11.7. The molecule has 3 heteroatoms. The van der Waals surface area contributed by atoms with Crippen LogP contribution in [0.2, 0.25) is 0 Å². The summed E-state index contributed by atoms with van der Waals surface area (Å²) >= 11 is 0. The van der Waals surface area contributed by atoms with Gasteiger partial charge < -0.3 is 15.0 Å². The molecular formula is C14H30N2O. The van der Waals surface area contributed by atoms with Gasteiger partial charge in [-0.05, 0) is 19.3 Å². The van der Waals surface area contributed by atoms with Gasteiger partial charge in [0.05, 0.1) is 0 Å². The molecule has 1 aliphatic heterocycles. The van der Waals surface area contributed by atoms with Gasteiger partial charge in [0.15, 0.2) is 0 Å². The Kier molecular flexibility index (Phi) is 8.67. The molecular weight excluding hydrogens is 212 g/mol. The van der Waals surface area contributed by atoms with E-state index in [0.717, 1.165) is 25.8 Å². The molecule has 1 saturated heterocycles. The van der Waals surface area contributed by atoms with Crippen molar-refractivity contribution in [1.82, 2.24) is 10.2 Å². The van der Waals surface area contributed by atoms with Crippen LogP contribution < -0.4 is 5.32 Å². The van der Waals surface area contributed by atoms with Crippen LogP contribution in [0, 0.1) is 0 Å². The Hall–Kier alpha value is -0.120. The van der Waals surface area contributed by atoms with Crippen molar-refractivity contribution in [3.63, 3.8) is 0 Å². The molecule has 0 radical (unpaired) electrons. The summed E-state index contributed by atoms with van der Waals surface area (Å²) < 4.78 is 5.60. The molecule has 0 aliphatic carbocycles. The van der Waals surface area contributed by atoms with E-state index in [2.05, 4.69) is 24.1 Å². The summed E-state index contributed by atoms with van der Waals surface area (Å²) in [6.07, 6.45) is 6.21. The Bertz CT molecular complexity index is 174. The molecule has 1 N–H and O–H groups in total. The highest BCUT2D eigenvalue weighted by molar-refractivity contribution is 4.77. The fourth-order valence-electron chi connectivity index (χ4n) is 2.38. The van der Waals surface area contributed by atoms with Crippen LogP contribution in [0.1, 0.15) is 46.0 Å². The molecule has 1 unspecified atom stereocenters. The van der Waals surface area contributed by atoms with Crippen molar-refractivity contribution in [3.8, 4) is 0 Å². The summed E-state index contributed by atoms with van der Waals surface area (Å²) in [7, 11) is 0. The zero-order chi connectivity index (χ0) is 12.3. The van der Waals surface area contributed by atoms with Crippen molar-refractivity contribution >= 4 is 0 Å². The smallest absolute Gasteiger partial charge is 0.0478 e. The first-order valence-electron chi connectivity index (χ1n) is 7.40. The number of hydrogen-bond acceptors (Lipinski definition) is 3. The van der Waals surface area contributed by atoms with E-state index in [1.54, 1.807) is 0 Å². The molecule has 0 aromatic carbocycles. The third-order valence-electron chi connectivity index (χ3n) is 3.38. The van der Waals surface area contributed by atoms with E-state index in [-0.39, 0.29) is 0 Å². The Morgan fingerprint density at radius 1 is 1.18 bits per heavy atom. The molecule has 1 aliphatic rings. The van der Waals surface area contributed by atoms with Crippen molar-refractivity contribution in [3.05, 3.63) is 0 Å². The second-order valence-corrected chi connectivity index (χ2v) is 5.06. The molecule has 0 aromatic rings. The van der Waals surface area contributed by atoms with Crippen molar-refractivity contribution < 1.29 is 4.74 Å². The lowest BCUT2D eigenvalue weighted by Crippen LogP contribution is -2.50. The van der Waals surface area contributed by atoms with Crippen LogP contribution in [0.25, 0.3) is 0 Å². The van der Waals surface area contributed by atoms with Crippen LogP contribution in [0.15, 0.2) is 0 Å². The summed E-state index contributed by atoms with van der Waals surface area (Å²) in [6, 6.07) is 0.717. The minimum Gasteiger partial charge on any atom is -0.381 e. The quantitative estimate of drug-likeness (QED) is 0.628. The minimum atomic E-state index is 0.717. The molecule has 0 aromatic heterocycles. The van der Waals surface area contributed by atoms with Gasteiger partial charge >= 0.3 is 0 Å². The van der Waals surface area contributed by atoms with Crippen molar-refractivity contribution in [2.45, 2.75) is 52.0 Å². The molecule has 0 saturated carbocycles. The highest BCUT2D eigenvalue weighted by Gasteiger charge is 2.17. The minimum absolute atomic E-state index is 0.717. The highest BCUT2D eigenvalue weighted by atomic mass is 16.5. The molecule has 17 heavy (non-hydrogen) atoms. The van der Waals surface area contributed by atoms with E-state index in [1.165, 1.54) is 51.7 Å². The van der Waals surface area contributed by atoms with Crippen LogP contribution in [-0.4, -0.2) is 50.3 Å². The Labute approximate surface area is 107 Å². The molecule has 1 atom stereocenters. The molecule has 1 fully saturated rings. The average Bonchev–Trinajstić information content (AvgIpc) is 2.35. The molecule has 0 spiro atoms. The van der Waals surface area contributed by atoms with Crippen LogP contribution in [0.3, 0.4) is 0 Å². The van der Waals surface area contributed by atoms with Crippen LogP contribution in [0.5, 0.6) is 0 Å². The predicted molar refractivity (Wildman–Crippen MR) is 73.5 cm³/mol. The zero-order valence-corrected chi connectivity index (χ0v) is 11.7. The monoisotopic (exact) mass is 242 g/mol. The lowest BCUT2D eigenvalue weighted by Gasteiger charge is -2.33. The fourth-order valence-corrected chi connectivity index (χ4v) is 2.38. The van der Waals surface area contributed by atoms with E-state index in [1.807, 2.05) is 0 Å². The molecule has 0 bridgehead atoms. The summed E-state index contributed by atoms with van der Waals surface area (Å²) in [4.78, 5) is 2.58. The second kappa shape index (κ2) is 9.86. The van der Waals surface area contributed by atoms with Crippen LogP contribution in [0.4, 0.5) is 0 Å². The van der Waals surface area contributed by atoms with Crippen LogP contribution >= 0.6 is 0 Å². The molecule has 0 amide bonds. The van der Waals surface area contributed by atoms with Crippen LogP contribution in [-0.2, 0) is 4.74 Å². The van der Waals surface area contributed by atoms with Gasteiger partial charge in [-0.3, -0.25) is 0 Å². The predicted octanol–water partition coefficient (Wildman–Crippen LogP) is 2.27. The number of rotatable bonds is 9. The third kappa shape index (κ3) is 7.02. The lowest BCUT2D eigenvalue weighted by atomic mass is 10.1. The topological polar surface area (TPSA) is 24.5 Å². The van der Waals surface area contributed by atoms with Gasteiger partial charge in [-0.15, -0.1) is 0 Å². The maximum Gasteiger partial charge on any atom is 0.0478 e. The summed E-state index contributed by atoms with van der Waals surface area (Å²) in [5.74, 6) is 0. The maximum absolute atomic E-state index is 5.60. The van der Waals surface area contributed by atoms with Gasteiger partial charge in [-0.2, -0.15) is 0 Å². The number of ether oxygens (including phenoxy) is 1. The van der Waals surface area contributed by atoms with Crippen molar-refractivity contribution in [2.24, 2.45) is 0 Å². The third-order valence-corrected chi connectivity index (χ3v) is 3.38. The van der Waals surface area contributed by atoms with Gasteiger partial charge in [0.1, 0.15) is 0 Å². The SMILES string of the molecule is CCCCOCCCN1CCNC(CCC)C1. The fraction of sp³-hybridized carbons (Fsp3) is 1.00. The van der Waals surface area contributed by atoms with E-state index in [9.17, 15) is 0 Å². The normalized spacial score (nSPS) is 21.9. The highest BCUT2D eigenvalue weighted by Crippen LogP contribution is 2.05. The molecule has 1 heterocycles. The van der Waals surface area contributed by atoms with Gasteiger partial charge in [0.2, 0.25) is 0 Å². The Morgan fingerprint density at radius 3 is 2.76 bits per heavy atom. The summed E-state index contributed by atoms with van der Waals surface area (Å²) in [5.41, 5.74) is 0. The number of unbranched alkanes of at least 4 members (excludes halogenated alkanes) is 1. The first kappa shape index (κ1) is 14.9. The molecule has 102 valence electrons. The maximum atomic E-state index is 5.60.